The molecule has 26 heavy (non-hydrogen) atoms. The maximum Gasteiger partial charge on any atom is 0.258 e. The quantitative estimate of drug-likeness (QED) is 0.838. The van der Waals surface area contributed by atoms with E-state index in [1.165, 1.54) is 0 Å². The number of fused-ring (bicyclic) bond motifs is 2. The zero-order chi connectivity index (χ0) is 17.9. The normalized spacial score (nSPS) is 19.0. The van der Waals surface area contributed by atoms with E-state index < -0.39 is 0 Å². The number of para-hydroxylation sites is 1. The van der Waals surface area contributed by atoms with Crippen molar-refractivity contribution in [1.82, 2.24) is 14.5 Å². The van der Waals surface area contributed by atoms with E-state index in [1.54, 1.807) is 6.07 Å². The Labute approximate surface area is 152 Å². The summed E-state index contributed by atoms with van der Waals surface area (Å²) in [5.74, 6) is 1.10. The molecule has 0 fully saturated rings. The number of hydrogen-bond donors (Lipinski definition) is 0. The Morgan fingerprint density at radius 3 is 3.12 bits per heavy atom. The van der Waals surface area contributed by atoms with Gasteiger partial charge in [0.05, 0.1) is 36.8 Å². The summed E-state index contributed by atoms with van der Waals surface area (Å²) in [5, 5.41) is 0. The molecular weight excluding hydrogens is 334 g/mol. The van der Waals surface area contributed by atoms with Gasteiger partial charge >= 0.3 is 0 Å². The molecule has 7 heteroatoms. The lowest BCUT2D eigenvalue weighted by Gasteiger charge is -2.31. The highest BCUT2D eigenvalue weighted by Crippen LogP contribution is 2.35. The molecule has 138 valence electrons. The van der Waals surface area contributed by atoms with Gasteiger partial charge in [0.1, 0.15) is 13.2 Å². The second-order valence-corrected chi connectivity index (χ2v) is 6.44. The molecule has 0 bridgehead atoms. The molecule has 0 saturated heterocycles. The van der Waals surface area contributed by atoms with Crippen molar-refractivity contribution in [2.75, 3.05) is 26.4 Å². The fraction of sp³-hybridized carbons (Fsp3) is 0.474. The summed E-state index contributed by atoms with van der Waals surface area (Å²) in [6, 6.07) is 5.47. The van der Waals surface area contributed by atoms with Crippen LogP contribution in [0.4, 0.5) is 0 Å². The fourth-order valence-electron chi connectivity index (χ4n) is 3.49. The summed E-state index contributed by atoms with van der Waals surface area (Å²) in [5.41, 5.74) is 1.57. The van der Waals surface area contributed by atoms with E-state index in [2.05, 4.69) is 9.55 Å². The number of imidazole rings is 1. The standard InChI is InChI=1S/C19H23N3O4/c1-2-24-12-14-6-7-21-13-20-10-15(21)11-22(14)19(23)16-4-3-5-17-18(16)26-9-8-25-17/h3-5,10,13-14H,2,6-9,11-12H2,1H3/t14-/m0/s1. The lowest BCUT2D eigenvalue weighted by molar-refractivity contribution is 0.0416. The first kappa shape index (κ1) is 16.9. The van der Waals surface area contributed by atoms with Gasteiger partial charge in [0.2, 0.25) is 0 Å². The molecule has 1 aromatic carbocycles. The molecule has 0 saturated carbocycles. The van der Waals surface area contributed by atoms with Crippen molar-refractivity contribution in [3.8, 4) is 11.5 Å². The largest absolute Gasteiger partial charge is 0.486 e. The van der Waals surface area contributed by atoms with E-state index in [9.17, 15) is 4.79 Å². The van der Waals surface area contributed by atoms with Crippen LogP contribution in [0.3, 0.4) is 0 Å². The number of rotatable bonds is 4. The van der Waals surface area contributed by atoms with Crippen LogP contribution in [0.1, 0.15) is 29.4 Å². The van der Waals surface area contributed by atoms with Gasteiger partial charge < -0.3 is 23.7 Å². The summed E-state index contributed by atoms with van der Waals surface area (Å²) in [7, 11) is 0. The molecule has 2 aliphatic rings. The molecule has 0 N–H and O–H groups in total. The van der Waals surface area contributed by atoms with Crippen molar-refractivity contribution in [3.63, 3.8) is 0 Å². The molecule has 1 atom stereocenters. The molecule has 1 aromatic heterocycles. The van der Waals surface area contributed by atoms with E-state index in [1.807, 2.05) is 36.5 Å². The van der Waals surface area contributed by atoms with Crippen LogP contribution in [0, 0.1) is 0 Å². The topological polar surface area (TPSA) is 65.8 Å². The summed E-state index contributed by atoms with van der Waals surface area (Å²) in [4.78, 5) is 19.5. The Morgan fingerprint density at radius 1 is 1.35 bits per heavy atom. The van der Waals surface area contributed by atoms with Gasteiger partial charge in [-0.2, -0.15) is 0 Å². The molecule has 2 aromatic rings. The molecule has 0 aliphatic carbocycles. The van der Waals surface area contributed by atoms with Gasteiger partial charge in [-0.25, -0.2) is 4.98 Å². The number of hydrogen-bond acceptors (Lipinski definition) is 5. The van der Waals surface area contributed by atoms with Crippen LogP contribution in [0.5, 0.6) is 11.5 Å². The second-order valence-electron chi connectivity index (χ2n) is 6.44. The number of amides is 1. The Morgan fingerprint density at radius 2 is 2.23 bits per heavy atom. The molecule has 2 aliphatic heterocycles. The molecule has 3 heterocycles. The molecular formula is C19H23N3O4. The fourth-order valence-corrected chi connectivity index (χ4v) is 3.49. The predicted octanol–water partition coefficient (Wildman–Crippen LogP) is 2.11. The number of carbonyl (C=O) groups is 1. The number of aromatic nitrogens is 2. The minimum Gasteiger partial charge on any atom is -0.486 e. The minimum absolute atomic E-state index is 0.00251. The molecule has 1 amide bonds. The lowest BCUT2D eigenvalue weighted by atomic mass is 10.1. The highest BCUT2D eigenvalue weighted by Gasteiger charge is 2.31. The molecule has 0 unspecified atom stereocenters. The van der Waals surface area contributed by atoms with Crippen LogP contribution in [0.2, 0.25) is 0 Å². The minimum atomic E-state index is -0.0632. The maximum atomic E-state index is 13.4. The Bertz CT molecular complexity index is 789. The number of nitrogens with zero attached hydrogens (tertiary/aromatic N) is 3. The van der Waals surface area contributed by atoms with Gasteiger partial charge in [-0.15, -0.1) is 0 Å². The van der Waals surface area contributed by atoms with Crippen LogP contribution in [0.15, 0.2) is 30.7 Å². The van der Waals surface area contributed by atoms with Crippen LogP contribution in [-0.4, -0.2) is 52.8 Å². The highest BCUT2D eigenvalue weighted by atomic mass is 16.6. The SMILES string of the molecule is CCOC[C@@H]1CCn2cncc2CN1C(=O)c1cccc2c1OCCO2. The summed E-state index contributed by atoms with van der Waals surface area (Å²) < 4.78 is 19.1. The summed E-state index contributed by atoms with van der Waals surface area (Å²) in [6.07, 6.45) is 4.47. The van der Waals surface area contributed by atoms with Gasteiger partial charge in [0, 0.05) is 19.3 Å². The maximum absolute atomic E-state index is 13.4. The van der Waals surface area contributed by atoms with E-state index in [0.29, 0.717) is 50.0 Å². The van der Waals surface area contributed by atoms with Crippen molar-refractivity contribution >= 4 is 5.91 Å². The zero-order valence-corrected chi connectivity index (χ0v) is 14.9. The van der Waals surface area contributed by atoms with E-state index in [-0.39, 0.29) is 11.9 Å². The van der Waals surface area contributed by atoms with Crippen LogP contribution in [0.25, 0.3) is 0 Å². The molecule has 0 radical (unpaired) electrons. The highest BCUT2D eigenvalue weighted by molar-refractivity contribution is 5.98. The number of ether oxygens (including phenoxy) is 3. The average Bonchev–Trinajstić information content (AvgIpc) is 3.05. The first-order valence-corrected chi connectivity index (χ1v) is 9.04. The Kier molecular flexibility index (Phi) is 4.79. The van der Waals surface area contributed by atoms with Gasteiger partial charge in [0.15, 0.2) is 11.5 Å². The third kappa shape index (κ3) is 3.14. The third-order valence-corrected chi connectivity index (χ3v) is 4.85. The third-order valence-electron chi connectivity index (χ3n) is 4.85. The summed E-state index contributed by atoms with van der Waals surface area (Å²) in [6.45, 7) is 5.39. The molecule has 7 nitrogen and oxygen atoms in total. The number of carbonyl (C=O) groups excluding carboxylic acids is 1. The van der Waals surface area contributed by atoms with Crippen molar-refractivity contribution < 1.29 is 19.0 Å². The van der Waals surface area contributed by atoms with Gasteiger partial charge in [-0.3, -0.25) is 4.79 Å². The Balaban J connectivity index is 1.67. The zero-order valence-electron chi connectivity index (χ0n) is 14.9. The van der Waals surface area contributed by atoms with Crippen molar-refractivity contribution in [3.05, 3.63) is 42.0 Å². The van der Waals surface area contributed by atoms with Crippen molar-refractivity contribution in [2.45, 2.75) is 32.5 Å². The molecule has 0 spiro atoms. The van der Waals surface area contributed by atoms with E-state index >= 15 is 0 Å². The van der Waals surface area contributed by atoms with Crippen LogP contribution >= 0.6 is 0 Å². The van der Waals surface area contributed by atoms with Crippen LogP contribution in [-0.2, 0) is 17.8 Å². The first-order valence-electron chi connectivity index (χ1n) is 9.04. The van der Waals surface area contributed by atoms with Gasteiger partial charge in [0.25, 0.3) is 5.91 Å². The van der Waals surface area contributed by atoms with E-state index in [0.717, 1.165) is 18.7 Å². The van der Waals surface area contributed by atoms with Crippen molar-refractivity contribution in [2.24, 2.45) is 0 Å². The van der Waals surface area contributed by atoms with Gasteiger partial charge in [-0.05, 0) is 25.5 Å². The first-order chi connectivity index (χ1) is 12.8. The molecule has 4 rings (SSSR count). The van der Waals surface area contributed by atoms with Gasteiger partial charge in [-0.1, -0.05) is 6.07 Å². The lowest BCUT2D eigenvalue weighted by Crippen LogP contribution is -2.42. The predicted molar refractivity (Wildman–Crippen MR) is 94.4 cm³/mol. The monoisotopic (exact) mass is 357 g/mol. The number of benzene rings is 1. The Hall–Kier alpha value is -2.54. The van der Waals surface area contributed by atoms with E-state index in [4.69, 9.17) is 14.2 Å². The smallest absolute Gasteiger partial charge is 0.258 e. The van der Waals surface area contributed by atoms with Crippen LogP contribution < -0.4 is 9.47 Å². The summed E-state index contributed by atoms with van der Waals surface area (Å²) >= 11 is 0. The average molecular weight is 357 g/mol. The second kappa shape index (κ2) is 7.37. The number of aryl methyl sites for hydroxylation is 1. The van der Waals surface area contributed by atoms with Crippen molar-refractivity contribution in [1.29, 1.82) is 0 Å².